The number of halogens is 1. The molecule has 1 aromatic rings. The molecule has 0 atom stereocenters. The van der Waals surface area contributed by atoms with E-state index < -0.39 is 4.92 Å². The van der Waals surface area contributed by atoms with Gasteiger partial charge in [0, 0.05) is 30.7 Å². The highest BCUT2D eigenvalue weighted by atomic mass is 35.5. The number of rotatable bonds is 5. The lowest BCUT2D eigenvalue weighted by molar-refractivity contribution is -0.384. The van der Waals surface area contributed by atoms with Crippen LogP contribution in [-0.4, -0.2) is 36.4 Å². The molecule has 7 heteroatoms. The Kier molecular flexibility index (Phi) is 5.06. The fraction of sp³-hybridized carbons (Fsp3) is 0.364. The molecule has 0 aliphatic rings. The van der Waals surface area contributed by atoms with Crippen molar-refractivity contribution < 1.29 is 9.72 Å². The number of non-ortho nitro benzene ring substituents is 1. The van der Waals surface area contributed by atoms with Crippen molar-refractivity contribution in [3.05, 3.63) is 38.9 Å². The fourth-order valence-corrected chi connectivity index (χ4v) is 1.64. The molecule has 0 bridgehead atoms. The molecule has 18 heavy (non-hydrogen) atoms. The van der Waals surface area contributed by atoms with E-state index in [2.05, 4.69) is 5.32 Å². The maximum absolute atomic E-state index is 11.2. The van der Waals surface area contributed by atoms with Crippen molar-refractivity contribution in [2.24, 2.45) is 0 Å². The van der Waals surface area contributed by atoms with Gasteiger partial charge in [0.25, 0.3) is 5.69 Å². The third-order valence-corrected chi connectivity index (χ3v) is 2.74. The van der Waals surface area contributed by atoms with Gasteiger partial charge < -0.3 is 5.32 Å². The van der Waals surface area contributed by atoms with Crippen molar-refractivity contribution in [3.63, 3.8) is 0 Å². The van der Waals surface area contributed by atoms with Crippen LogP contribution in [0.2, 0.25) is 5.02 Å². The lowest BCUT2D eigenvalue weighted by Crippen LogP contribution is -2.32. The zero-order chi connectivity index (χ0) is 13.7. The molecule has 0 aliphatic heterocycles. The number of nitrogens with zero attached hydrogens (tertiary/aromatic N) is 2. The van der Waals surface area contributed by atoms with Crippen LogP contribution in [0.25, 0.3) is 0 Å². The number of nitro benzene ring substituents is 1. The Hall–Kier alpha value is -1.66. The van der Waals surface area contributed by atoms with Crippen LogP contribution in [0.15, 0.2) is 18.2 Å². The van der Waals surface area contributed by atoms with Crippen molar-refractivity contribution in [1.82, 2.24) is 10.2 Å². The van der Waals surface area contributed by atoms with Gasteiger partial charge in [-0.15, -0.1) is 0 Å². The van der Waals surface area contributed by atoms with E-state index >= 15 is 0 Å². The first-order valence-electron chi connectivity index (χ1n) is 5.26. The van der Waals surface area contributed by atoms with Gasteiger partial charge in [-0.05, 0) is 18.7 Å². The largest absolute Gasteiger partial charge is 0.358 e. The molecule has 0 aliphatic carbocycles. The number of hydrogen-bond acceptors (Lipinski definition) is 4. The fourth-order valence-electron chi connectivity index (χ4n) is 1.47. The van der Waals surface area contributed by atoms with Crippen molar-refractivity contribution in [1.29, 1.82) is 0 Å². The van der Waals surface area contributed by atoms with E-state index in [1.54, 1.807) is 19.0 Å². The smallest absolute Gasteiger partial charge is 0.269 e. The van der Waals surface area contributed by atoms with Gasteiger partial charge in [-0.3, -0.25) is 19.8 Å². The maximum atomic E-state index is 11.2. The summed E-state index contributed by atoms with van der Waals surface area (Å²) in [5, 5.41) is 13.6. The summed E-state index contributed by atoms with van der Waals surface area (Å²) in [4.78, 5) is 23.1. The molecular weight excluding hydrogens is 258 g/mol. The molecule has 1 amide bonds. The topological polar surface area (TPSA) is 75.5 Å². The van der Waals surface area contributed by atoms with Crippen LogP contribution in [0.1, 0.15) is 5.56 Å². The van der Waals surface area contributed by atoms with Crippen molar-refractivity contribution in [2.75, 3.05) is 20.6 Å². The highest BCUT2D eigenvalue weighted by molar-refractivity contribution is 6.31. The number of carbonyl (C=O) groups is 1. The minimum atomic E-state index is -0.474. The van der Waals surface area contributed by atoms with Gasteiger partial charge in [-0.25, -0.2) is 0 Å². The minimum absolute atomic E-state index is 0.0113. The molecule has 0 radical (unpaired) electrons. The highest BCUT2D eigenvalue weighted by Crippen LogP contribution is 2.22. The minimum Gasteiger partial charge on any atom is -0.358 e. The molecular formula is C11H14ClN3O3. The SMILES string of the molecule is CNC(=O)CN(C)Cc1cc([N+](=O)[O-])ccc1Cl. The molecule has 0 aromatic heterocycles. The molecule has 0 fully saturated rings. The van der Waals surface area contributed by atoms with Gasteiger partial charge in [0.2, 0.25) is 5.91 Å². The number of nitro groups is 1. The van der Waals surface area contributed by atoms with Crippen LogP contribution in [0.4, 0.5) is 5.69 Å². The van der Waals surface area contributed by atoms with E-state index in [4.69, 9.17) is 11.6 Å². The second kappa shape index (κ2) is 6.32. The summed E-state index contributed by atoms with van der Waals surface area (Å²) in [7, 11) is 3.29. The molecule has 1 N–H and O–H groups in total. The first kappa shape index (κ1) is 14.4. The maximum Gasteiger partial charge on any atom is 0.269 e. The number of likely N-dealkylation sites (N-methyl/N-ethyl adjacent to an activating group) is 2. The first-order valence-corrected chi connectivity index (χ1v) is 5.63. The molecule has 0 heterocycles. The van der Waals surface area contributed by atoms with Gasteiger partial charge in [0.15, 0.2) is 0 Å². The second-order valence-corrected chi connectivity index (χ2v) is 4.29. The quantitative estimate of drug-likeness (QED) is 0.649. The monoisotopic (exact) mass is 271 g/mol. The highest BCUT2D eigenvalue weighted by Gasteiger charge is 2.12. The number of amides is 1. The van der Waals surface area contributed by atoms with Crippen LogP contribution in [-0.2, 0) is 11.3 Å². The van der Waals surface area contributed by atoms with E-state index in [0.29, 0.717) is 17.1 Å². The summed E-state index contributed by atoms with van der Waals surface area (Å²) in [5.41, 5.74) is 0.611. The average Bonchev–Trinajstić information content (AvgIpc) is 2.31. The van der Waals surface area contributed by atoms with Gasteiger partial charge in [0.05, 0.1) is 11.5 Å². The standard InChI is InChI=1S/C11H14ClN3O3/c1-13-11(16)7-14(2)6-8-5-9(15(17)18)3-4-10(8)12/h3-5H,6-7H2,1-2H3,(H,13,16). The molecule has 0 saturated carbocycles. The lowest BCUT2D eigenvalue weighted by atomic mass is 10.2. The van der Waals surface area contributed by atoms with Crippen molar-refractivity contribution >= 4 is 23.2 Å². The van der Waals surface area contributed by atoms with E-state index in [9.17, 15) is 14.9 Å². The summed E-state index contributed by atoms with van der Waals surface area (Å²) in [6, 6.07) is 4.26. The Morgan fingerprint density at radius 3 is 2.78 bits per heavy atom. The van der Waals surface area contributed by atoms with E-state index in [1.165, 1.54) is 18.2 Å². The average molecular weight is 272 g/mol. The number of hydrogen-bond donors (Lipinski definition) is 1. The van der Waals surface area contributed by atoms with Gasteiger partial charge in [-0.2, -0.15) is 0 Å². The molecule has 6 nitrogen and oxygen atoms in total. The molecule has 0 spiro atoms. The van der Waals surface area contributed by atoms with Crippen LogP contribution in [0.3, 0.4) is 0 Å². The zero-order valence-electron chi connectivity index (χ0n) is 10.1. The van der Waals surface area contributed by atoms with Crippen LogP contribution >= 0.6 is 11.6 Å². The normalized spacial score (nSPS) is 10.4. The molecule has 98 valence electrons. The lowest BCUT2D eigenvalue weighted by Gasteiger charge is -2.16. The predicted molar refractivity (Wildman–Crippen MR) is 68.5 cm³/mol. The Morgan fingerprint density at radius 1 is 1.56 bits per heavy atom. The summed E-state index contributed by atoms with van der Waals surface area (Å²) in [5.74, 6) is -0.126. The Balaban J connectivity index is 2.80. The summed E-state index contributed by atoms with van der Waals surface area (Å²) in [6.07, 6.45) is 0. The molecule has 0 unspecified atom stereocenters. The summed E-state index contributed by atoms with van der Waals surface area (Å²) in [6.45, 7) is 0.573. The number of benzene rings is 1. The van der Waals surface area contributed by atoms with Gasteiger partial charge in [-0.1, -0.05) is 11.6 Å². The van der Waals surface area contributed by atoms with Crippen LogP contribution < -0.4 is 5.32 Å². The van der Waals surface area contributed by atoms with E-state index in [-0.39, 0.29) is 18.1 Å². The van der Waals surface area contributed by atoms with Crippen molar-refractivity contribution in [3.8, 4) is 0 Å². The summed E-state index contributed by atoms with van der Waals surface area (Å²) >= 11 is 5.97. The Bertz CT molecular complexity index is 465. The van der Waals surface area contributed by atoms with E-state index in [0.717, 1.165) is 0 Å². The molecule has 0 saturated heterocycles. The predicted octanol–water partition coefficient (Wildman–Crippen LogP) is 1.43. The third-order valence-electron chi connectivity index (χ3n) is 2.37. The zero-order valence-corrected chi connectivity index (χ0v) is 10.9. The van der Waals surface area contributed by atoms with Gasteiger partial charge in [0.1, 0.15) is 0 Å². The van der Waals surface area contributed by atoms with Crippen molar-refractivity contribution in [2.45, 2.75) is 6.54 Å². The first-order chi connectivity index (χ1) is 8.43. The molecule has 1 rings (SSSR count). The Labute approximate surface area is 110 Å². The number of carbonyl (C=O) groups excluding carboxylic acids is 1. The Morgan fingerprint density at radius 2 is 2.22 bits per heavy atom. The number of nitrogens with one attached hydrogen (secondary N) is 1. The second-order valence-electron chi connectivity index (χ2n) is 3.88. The molecule has 1 aromatic carbocycles. The third kappa shape index (κ3) is 3.97. The van der Waals surface area contributed by atoms with Crippen LogP contribution in [0, 0.1) is 10.1 Å². The van der Waals surface area contributed by atoms with E-state index in [1.807, 2.05) is 0 Å². The van der Waals surface area contributed by atoms with Crippen LogP contribution in [0.5, 0.6) is 0 Å². The van der Waals surface area contributed by atoms with Gasteiger partial charge >= 0.3 is 0 Å². The summed E-state index contributed by atoms with van der Waals surface area (Å²) < 4.78 is 0.